The fourth-order valence-electron chi connectivity index (χ4n) is 4.85. The summed E-state index contributed by atoms with van der Waals surface area (Å²) in [6, 6.07) is 4.80. The van der Waals surface area contributed by atoms with E-state index in [9.17, 15) is 31.2 Å². The number of rotatable bonds is 7. The first-order valence-corrected chi connectivity index (χ1v) is 14.5. The van der Waals surface area contributed by atoms with Crippen LogP contribution in [0.5, 0.6) is 0 Å². The highest BCUT2D eigenvalue weighted by molar-refractivity contribution is 7.91. The Morgan fingerprint density at radius 2 is 1.82 bits per heavy atom. The highest BCUT2D eigenvalue weighted by Gasteiger charge is 2.37. The molecule has 1 aromatic heterocycles. The summed E-state index contributed by atoms with van der Waals surface area (Å²) in [6.45, 7) is 1.90. The van der Waals surface area contributed by atoms with Gasteiger partial charge >= 0.3 is 11.9 Å². The summed E-state index contributed by atoms with van der Waals surface area (Å²) < 4.78 is 68.4. The van der Waals surface area contributed by atoms with Crippen molar-refractivity contribution in [3.8, 4) is 0 Å². The van der Waals surface area contributed by atoms with Crippen LogP contribution in [0.2, 0.25) is 10.0 Å². The van der Waals surface area contributed by atoms with Crippen molar-refractivity contribution in [3.63, 3.8) is 0 Å². The summed E-state index contributed by atoms with van der Waals surface area (Å²) in [4.78, 5) is 32.6. The van der Waals surface area contributed by atoms with Crippen LogP contribution in [0.4, 0.5) is 13.2 Å². The Labute approximate surface area is 232 Å². The lowest BCUT2D eigenvalue weighted by molar-refractivity contribution is -0.138. The Bertz CT molecular complexity index is 1650. The number of benzene rings is 2. The zero-order valence-corrected chi connectivity index (χ0v) is 23.7. The van der Waals surface area contributed by atoms with E-state index in [0.717, 1.165) is 6.42 Å². The number of aromatic nitrogens is 2. The minimum Gasteiger partial charge on any atom is -0.305 e. The standard InChI is InChI=1S/C25H27Cl2F3N4O4S/c1-4-39(37,38)20-6-5-15(26)9-14(20)11-34-23(35)17-10-19(25(28,29)30)18(21(27)22(17)31-24(34)36)13-33-8-7-16(12-33)32(2)3/h5-6,9-10,16H,4,7-8,11-13H2,1-3H3,(H,31,36)/t16-/m0/s1. The second-order valence-electron chi connectivity index (χ2n) is 9.76. The van der Waals surface area contributed by atoms with Gasteiger partial charge in [0.05, 0.1) is 38.7 Å². The molecule has 1 saturated heterocycles. The average Bonchev–Trinajstić information content (AvgIpc) is 3.32. The molecule has 14 heteroatoms. The molecule has 1 fully saturated rings. The minimum atomic E-state index is -4.82. The van der Waals surface area contributed by atoms with Crippen LogP contribution in [0.1, 0.15) is 30.0 Å². The monoisotopic (exact) mass is 606 g/mol. The van der Waals surface area contributed by atoms with Crippen molar-refractivity contribution in [2.24, 2.45) is 0 Å². The van der Waals surface area contributed by atoms with Crippen molar-refractivity contribution in [1.29, 1.82) is 0 Å². The van der Waals surface area contributed by atoms with E-state index in [1.54, 1.807) is 0 Å². The zero-order valence-electron chi connectivity index (χ0n) is 21.4. The van der Waals surface area contributed by atoms with E-state index >= 15 is 0 Å². The van der Waals surface area contributed by atoms with Crippen molar-refractivity contribution >= 4 is 43.9 Å². The molecule has 0 aliphatic carbocycles. The lowest BCUT2D eigenvalue weighted by atomic mass is 10.0. The summed E-state index contributed by atoms with van der Waals surface area (Å²) >= 11 is 12.5. The molecule has 1 N–H and O–H groups in total. The first kappa shape index (κ1) is 29.6. The molecule has 1 aliphatic rings. The second-order valence-corrected chi connectivity index (χ2v) is 12.8. The van der Waals surface area contributed by atoms with E-state index in [-0.39, 0.29) is 49.9 Å². The molecule has 2 aromatic carbocycles. The molecular formula is C25H27Cl2F3N4O4S. The van der Waals surface area contributed by atoms with Crippen molar-refractivity contribution in [3.05, 3.63) is 71.8 Å². The van der Waals surface area contributed by atoms with Gasteiger partial charge in [-0.2, -0.15) is 13.2 Å². The maximum atomic E-state index is 14.2. The van der Waals surface area contributed by atoms with Gasteiger partial charge in [-0.1, -0.05) is 30.1 Å². The Hall–Kier alpha value is -2.38. The van der Waals surface area contributed by atoms with Gasteiger partial charge < -0.3 is 9.88 Å². The van der Waals surface area contributed by atoms with E-state index in [1.165, 1.54) is 25.1 Å². The van der Waals surface area contributed by atoms with Crippen LogP contribution in [0, 0.1) is 0 Å². The number of sulfone groups is 1. The maximum Gasteiger partial charge on any atom is 0.416 e. The third-order valence-corrected chi connectivity index (χ3v) is 9.53. The zero-order chi connectivity index (χ0) is 28.9. The van der Waals surface area contributed by atoms with Crippen molar-refractivity contribution < 1.29 is 21.6 Å². The van der Waals surface area contributed by atoms with E-state index in [1.807, 2.05) is 23.9 Å². The summed E-state index contributed by atoms with van der Waals surface area (Å²) in [5, 5.41) is -0.632. The number of likely N-dealkylation sites (N-methyl/N-ethyl adjacent to an activating group) is 1. The number of nitrogens with one attached hydrogen (secondary N) is 1. The van der Waals surface area contributed by atoms with Gasteiger partial charge in [0.2, 0.25) is 0 Å². The highest BCUT2D eigenvalue weighted by Crippen LogP contribution is 2.39. The lowest BCUT2D eigenvalue weighted by Crippen LogP contribution is -2.36. The van der Waals surface area contributed by atoms with Gasteiger partial charge in [-0.25, -0.2) is 13.2 Å². The van der Waals surface area contributed by atoms with Gasteiger partial charge in [0.25, 0.3) is 5.56 Å². The SMILES string of the molecule is CCS(=O)(=O)c1ccc(Cl)cc1Cn1c(=O)[nH]c2c(Cl)c(CN3CC[C@H](N(C)C)C3)c(C(F)(F)F)cc2c1=O. The lowest BCUT2D eigenvalue weighted by Gasteiger charge is -2.23. The first-order valence-electron chi connectivity index (χ1n) is 12.1. The molecular weight excluding hydrogens is 580 g/mol. The topological polar surface area (TPSA) is 95.5 Å². The van der Waals surface area contributed by atoms with E-state index < -0.39 is 44.8 Å². The van der Waals surface area contributed by atoms with Crippen LogP contribution in [0.25, 0.3) is 10.9 Å². The van der Waals surface area contributed by atoms with Crippen molar-refractivity contribution in [2.45, 2.75) is 43.5 Å². The molecule has 212 valence electrons. The van der Waals surface area contributed by atoms with Crippen LogP contribution in [-0.4, -0.2) is 66.7 Å². The third-order valence-electron chi connectivity index (χ3n) is 7.05. The molecule has 0 saturated carbocycles. The van der Waals surface area contributed by atoms with Gasteiger partial charge in [0, 0.05) is 30.7 Å². The third kappa shape index (κ3) is 5.90. The molecule has 4 rings (SSSR count). The van der Waals surface area contributed by atoms with Crippen molar-refractivity contribution in [1.82, 2.24) is 19.4 Å². The highest BCUT2D eigenvalue weighted by atomic mass is 35.5. The molecule has 0 unspecified atom stereocenters. The molecule has 8 nitrogen and oxygen atoms in total. The Balaban J connectivity index is 1.87. The van der Waals surface area contributed by atoms with Crippen LogP contribution in [-0.2, 0) is 29.1 Å². The van der Waals surface area contributed by atoms with Gasteiger partial charge in [0.1, 0.15) is 0 Å². The number of alkyl halides is 3. The second kappa shape index (κ2) is 10.9. The molecule has 39 heavy (non-hydrogen) atoms. The number of likely N-dealkylation sites (tertiary alicyclic amines) is 1. The Kier molecular flexibility index (Phi) is 8.26. The number of fused-ring (bicyclic) bond motifs is 1. The average molecular weight is 607 g/mol. The maximum absolute atomic E-state index is 14.2. The molecule has 3 aromatic rings. The Morgan fingerprint density at radius 1 is 1.13 bits per heavy atom. The number of H-pyrrole nitrogens is 1. The number of aromatic amines is 1. The summed E-state index contributed by atoms with van der Waals surface area (Å²) in [5.41, 5.74) is -3.44. The van der Waals surface area contributed by atoms with Crippen LogP contribution < -0.4 is 11.2 Å². The van der Waals surface area contributed by atoms with Gasteiger partial charge in [-0.15, -0.1) is 0 Å². The molecule has 0 bridgehead atoms. The quantitative estimate of drug-likeness (QED) is 0.437. The molecule has 0 radical (unpaired) electrons. The van der Waals surface area contributed by atoms with Crippen LogP contribution in [0.3, 0.4) is 0 Å². The number of hydrogen-bond donors (Lipinski definition) is 1. The van der Waals surface area contributed by atoms with E-state index in [2.05, 4.69) is 4.98 Å². The summed E-state index contributed by atoms with van der Waals surface area (Å²) in [6.07, 6.45) is -4.04. The van der Waals surface area contributed by atoms with Crippen LogP contribution >= 0.6 is 23.2 Å². The van der Waals surface area contributed by atoms with Gasteiger partial charge in [-0.3, -0.25) is 14.3 Å². The number of hydrogen-bond acceptors (Lipinski definition) is 6. The fourth-order valence-corrected chi connectivity index (χ4v) is 6.46. The summed E-state index contributed by atoms with van der Waals surface area (Å²) in [5.74, 6) is -0.246. The number of halogens is 5. The smallest absolute Gasteiger partial charge is 0.305 e. The fraction of sp³-hybridized carbons (Fsp3) is 0.440. The number of nitrogens with zero attached hydrogens (tertiary/aromatic N) is 3. The predicted molar refractivity (Wildman–Crippen MR) is 144 cm³/mol. The van der Waals surface area contributed by atoms with Crippen LogP contribution in [0.15, 0.2) is 38.8 Å². The van der Waals surface area contributed by atoms with Gasteiger partial charge in [0.15, 0.2) is 9.84 Å². The van der Waals surface area contributed by atoms with E-state index in [4.69, 9.17) is 23.2 Å². The normalized spacial score (nSPS) is 17.0. The molecule has 1 atom stereocenters. The summed E-state index contributed by atoms with van der Waals surface area (Å²) in [7, 11) is 0.0447. The van der Waals surface area contributed by atoms with Gasteiger partial charge in [-0.05, 0) is 55.9 Å². The first-order chi connectivity index (χ1) is 18.1. The minimum absolute atomic E-state index is 0.0551. The largest absolute Gasteiger partial charge is 0.416 e. The van der Waals surface area contributed by atoms with E-state index in [0.29, 0.717) is 23.7 Å². The molecule has 0 amide bonds. The predicted octanol–water partition coefficient (Wildman–Crippen LogP) is 3.99. The molecule has 0 spiro atoms. The Morgan fingerprint density at radius 3 is 2.41 bits per heavy atom. The molecule has 1 aliphatic heterocycles. The molecule has 2 heterocycles. The van der Waals surface area contributed by atoms with Crippen molar-refractivity contribution in [2.75, 3.05) is 32.9 Å².